The Labute approximate surface area is 250 Å². The van der Waals surface area contributed by atoms with Crippen LogP contribution in [0.1, 0.15) is 29.8 Å². The molecule has 0 bridgehead atoms. The smallest absolute Gasteiger partial charge is 0.255 e. The number of fused-ring (bicyclic) bond motifs is 1. The number of aromatic nitrogens is 1. The fraction of sp³-hybridized carbons (Fsp3) is 0.323. The molecule has 1 amide bonds. The van der Waals surface area contributed by atoms with E-state index in [0.29, 0.717) is 43.0 Å². The maximum atomic E-state index is 13.8. The summed E-state index contributed by atoms with van der Waals surface area (Å²) in [5.41, 5.74) is 2.00. The molecule has 4 aromatic rings. The van der Waals surface area contributed by atoms with Crippen LogP contribution < -0.4 is 9.46 Å². The van der Waals surface area contributed by atoms with Gasteiger partial charge in [0, 0.05) is 30.2 Å². The minimum atomic E-state index is -4.17. The summed E-state index contributed by atoms with van der Waals surface area (Å²) >= 11 is 6.55. The average Bonchev–Trinajstić information content (AvgIpc) is 3.38. The van der Waals surface area contributed by atoms with Crippen LogP contribution in [0, 0.1) is 0 Å². The second kappa shape index (κ2) is 12.1. The van der Waals surface area contributed by atoms with Crippen molar-refractivity contribution in [2.45, 2.75) is 36.8 Å². The number of carbonyl (C=O) groups excluding carboxylic acids is 1. The number of amides is 1. The first-order valence-electron chi connectivity index (χ1n) is 13.6. The number of morpholine rings is 1. The lowest BCUT2D eigenvalue weighted by atomic mass is 9.93. The third-order valence-electron chi connectivity index (χ3n) is 7.53. The predicted molar refractivity (Wildman–Crippen MR) is 163 cm³/mol. The van der Waals surface area contributed by atoms with Crippen molar-refractivity contribution in [2.24, 2.45) is 0 Å². The van der Waals surface area contributed by atoms with Gasteiger partial charge in [-0.15, -0.1) is 0 Å². The topological polar surface area (TPSA) is 121 Å². The molecule has 1 fully saturated rings. The maximum Gasteiger partial charge on any atom is 0.255 e. The van der Waals surface area contributed by atoms with Crippen LogP contribution in [0.15, 0.2) is 71.8 Å². The lowest BCUT2D eigenvalue weighted by molar-refractivity contribution is 0.0303. The number of nitrogens with zero attached hydrogens (tertiary/aromatic N) is 1. The summed E-state index contributed by atoms with van der Waals surface area (Å²) in [5.74, 6) is -0.0250. The van der Waals surface area contributed by atoms with Crippen LogP contribution >= 0.6 is 11.6 Å². The van der Waals surface area contributed by atoms with Crippen LogP contribution in [0.3, 0.4) is 0 Å². The summed E-state index contributed by atoms with van der Waals surface area (Å²) in [4.78, 5) is 17.8. The second-order valence-corrected chi connectivity index (χ2v) is 12.9. The van der Waals surface area contributed by atoms with E-state index in [-0.39, 0.29) is 28.0 Å². The Hall–Kier alpha value is -3.41. The molecule has 1 aromatic heterocycles. The number of para-hydroxylation sites is 1. The van der Waals surface area contributed by atoms with Gasteiger partial charge in [-0.1, -0.05) is 41.9 Å². The normalized spacial score (nSPS) is 15.1. The zero-order chi connectivity index (χ0) is 30.1. The molecule has 0 aliphatic carbocycles. The lowest BCUT2D eigenvalue weighted by Gasteiger charge is -2.30. The van der Waals surface area contributed by atoms with Crippen LogP contribution in [-0.2, 0) is 21.2 Å². The zero-order valence-electron chi connectivity index (χ0n) is 23.7. The van der Waals surface area contributed by atoms with Crippen LogP contribution in [0.5, 0.6) is 5.75 Å². The van der Waals surface area contributed by atoms with E-state index in [1.54, 1.807) is 49.1 Å². The number of aliphatic hydroxyl groups is 1. The molecular weight excluding hydrogens is 578 g/mol. The van der Waals surface area contributed by atoms with Gasteiger partial charge in [-0.25, -0.2) is 13.1 Å². The number of H-pyrrole nitrogens is 1. The van der Waals surface area contributed by atoms with E-state index < -0.39 is 21.7 Å². The van der Waals surface area contributed by atoms with E-state index in [1.165, 1.54) is 13.2 Å². The molecule has 0 spiro atoms. The average molecular weight is 612 g/mol. The molecule has 1 unspecified atom stereocenters. The first kappa shape index (κ1) is 30.1. The molecular formula is C31H34ClN3O6S. The summed E-state index contributed by atoms with van der Waals surface area (Å²) in [6.45, 7) is 5.10. The molecule has 1 aliphatic heterocycles. The van der Waals surface area contributed by atoms with Crippen molar-refractivity contribution in [1.29, 1.82) is 0 Å². The Morgan fingerprint density at radius 3 is 2.50 bits per heavy atom. The van der Waals surface area contributed by atoms with Gasteiger partial charge in [-0.05, 0) is 67.3 Å². The molecule has 3 N–H and O–H groups in total. The fourth-order valence-electron chi connectivity index (χ4n) is 5.08. The standard InChI is InChI=1S/C31H34ClN3O6S/c1-31(2,37)29(18-22-19-33-26-7-5-4-6-23(22)26)34-42(38,39)28-17-21(9-11-27(28)40-3)20-8-10-24(25(32)16-20)30(36)35-12-14-41-15-13-35/h4-11,16-17,19,29,33-34,37H,12-15,18H2,1-3H3. The summed E-state index contributed by atoms with van der Waals surface area (Å²) in [6, 6.07) is 16.7. The highest BCUT2D eigenvalue weighted by atomic mass is 35.5. The number of hydrogen-bond acceptors (Lipinski definition) is 6. The molecule has 1 aliphatic rings. The van der Waals surface area contributed by atoms with Gasteiger partial charge in [0.1, 0.15) is 10.6 Å². The molecule has 11 heteroatoms. The molecule has 1 saturated heterocycles. The van der Waals surface area contributed by atoms with Gasteiger partial charge in [0.25, 0.3) is 5.91 Å². The molecule has 5 rings (SSSR count). The van der Waals surface area contributed by atoms with Crippen molar-refractivity contribution in [3.05, 3.63) is 83.0 Å². The third-order valence-corrected chi connectivity index (χ3v) is 9.34. The Bertz CT molecular complexity index is 1710. The highest BCUT2D eigenvalue weighted by molar-refractivity contribution is 7.89. The van der Waals surface area contributed by atoms with Gasteiger partial charge in [-0.2, -0.15) is 0 Å². The lowest BCUT2D eigenvalue weighted by Crippen LogP contribution is -2.50. The predicted octanol–water partition coefficient (Wildman–Crippen LogP) is 4.63. The quantitative estimate of drug-likeness (QED) is 0.254. The molecule has 0 saturated carbocycles. The van der Waals surface area contributed by atoms with Gasteiger partial charge in [0.05, 0.1) is 42.6 Å². The fourth-order valence-corrected chi connectivity index (χ4v) is 6.91. The molecule has 222 valence electrons. The van der Waals surface area contributed by atoms with E-state index in [1.807, 2.05) is 30.5 Å². The number of hydrogen-bond donors (Lipinski definition) is 3. The van der Waals surface area contributed by atoms with Crippen molar-refractivity contribution < 1.29 is 27.8 Å². The van der Waals surface area contributed by atoms with Gasteiger partial charge in [-0.3, -0.25) is 4.79 Å². The van der Waals surface area contributed by atoms with E-state index in [9.17, 15) is 18.3 Å². The minimum absolute atomic E-state index is 0.0831. The zero-order valence-corrected chi connectivity index (χ0v) is 25.3. The highest BCUT2D eigenvalue weighted by Gasteiger charge is 2.33. The number of sulfonamides is 1. The SMILES string of the molecule is COc1ccc(-c2ccc(C(=O)N3CCOCC3)c(Cl)c2)cc1S(=O)(=O)NC(Cc1c[nH]c2ccccc12)C(C)(C)O. The largest absolute Gasteiger partial charge is 0.495 e. The van der Waals surface area contributed by atoms with Crippen LogP contribution in [-0.4, -0.2) is 74.4 Å². The molecule has 9 nitrogen and oxygen atoms in total. The number of aromatic amines is 1. The molecule has 1 atom stereocenters. The number of carbonyl (C=O) groups is 1. The van der Waals surface area contributed by atoms with Crippen molar-refractivity contribution >= 4 is 38.4 Å². The maximum absolute atomic E-state index is 13.8. The minimum Gasteiger partial charge on any atom is -0.495 e. The Morgan fingerprint density at radius 2 is 1.81 bits per heavy atom. The number of halogens is 1. The Kier molecular flexibility index (Phi) is 8.63. The van der Waals surface area contributed by atoms with Crippen molar-refractivity contribution in [3.8, 4) is 16.9 Å². The Morgan fingerprint density at radius 1 is 1.12 bits per heavy atom. The molecule has 42 heavy (non-hydrogen) atoms. The first-order valence-corrected chi connectivity index (χ1v) is 15.5. The Balaban J connectivity index is 1.44. The number of rotatable bonds is 9. The van der Waals surface area contributed by atoms with Crippen LogP contribution in [0.25, 0.3) is 22.0 Å². The number of nitrogens with one attached hydrogen (secondary N) is 2. The van der Waals surface area contributed by atoms with E-state index in [4.69, 9.17) is 21.1 Å². The van der Waals surface area contributed by atoms with Gasteiger partial charge in [0.15, 0.2) is 0 Å². The van der Waals surface area contributed by atoms with E-state index in [2.05, 4.69) is 9.71 Å². The van der Waals surface area contributed by atoms with E-state index >= 15 is 0 Å². The number of benzene rings is 3. The molecule has 0 radical (unpaired) electrons. The van der Waals surface area contributed by atoms with Crippen LogP contribution in [0.4, 0.5) is 0 Å². The van der Waals surface area contributed by atoms with Crippen molar-refractivity contribution in [2.75, 3.05) is 33.4 Å². The molecule has 2 heterocycles. The van der Waals surface area contributed by atoms with Crippen LogP contribution in [0.2, 0.25) is 5.02 Å². The summed E-state index contributed by atoms with van der Waals surface area (Å²) < 4.78 is 41.1. The second-order valence-electron chi connectivity index (χ2n) is 10.9. The van der Waals surface area contributed by atoms with Gasteiger partial charge in [0.2, 0.25) is 10.0 Å². The summed E-state index contributed by atoms with van der Waals surface area (Å²) in [7, 11) is -2.77. The van der Waals surface area contributed by atoms with E-state index in [0.717, 1.165) is 16.5 Å². The summed E-state index contributed by atoms with van der Waals surface area (Å²) in [5, 5.41) is 12.2. The number of methoxy groups -OCH3 is 1. The molecule has 3 aromatic carbocycles. The monoisotopic (exact) mass is 611 g/mol. The summed E-state index contributed by atoms with van der Waals surface area (Å²) in [6.07, 6.45) is 2.08. The number of ether oxygens (including phenoxy) is 2. The third kappa shape index (κ3) is 6.33. The first-order chi connectivity index (χ1) is 20.0. The highest BCUT2D eigenvalue weighted by Crippen LogP contribution is 2.33. The van der Waals surface area contributed by atoms with Gasteiger partial charge >= 0.3 is 0 Å². The van der Waals surface area contributed by atoms with Crippen molar-refractivity contribution in [3.63, 3.8) is 0 Å². The van der Waals surface area contributed by atoms with Gasteiger partial charge < -0.3 is 24.5 Å². The van der Waals surface area contributed by atoms with Crippen molar-refractivity contribution in [1.82, 2.24) is 14.6 Å².